The van der Waals surface area contributed by atoms with Gasteiger partial charge in [0, 0.05) is 16.5 Å². The van der Waals surface area contributed by atoms with E-state index in [1.165, 1.54) is 6.07 Å². The van der Waals surface area contributed by atoms with E-state index < -0.39 is 11.8 Å². The standard InChI is InChI=1S/C13H15ClF2/c1-8(2)9-5-11(7-12(14)6-9)13(15,16)10-3-4-10/h5-8,10H,3-4H2,1-2H3. The third-order valence-corrected chi connectivity index (χ3v) is 3.28. The first-order chi connectivity index (χ1) is 7.41. The van der Waals surface area contributed by atoms with E-state index in [-0.39, 0.29) is 11.5 Å². The van der Waals surface area contributed by atoms with Crippen molar-refractivity contribution in [1.82, 2.24) is 0 Å². The van der Waals surface area contributed by atoms with Crippen LogP contribution in [-0.4, -0.2) is 0 Å². The van der Waals surface area contributed by atoms with Crippen LogP contribution in [0.4, 0.5) is 8.78 Å². The van der Waals surface area contributed by atoms with Gasteiger partial charge in [0.1, 0.15) is 0 Å². The van der Waals surface area contributed by atoms with Gasteiger partial charge in [-0.2, -0.15) is 0 Å². The lowest BCUT2D eigenvalue weighted by Crippen LogP contribution is -2.16. The van der Waals surface area contributed by atoms with Gasteiger partial charge in [-0.3, -0.25) is 0 Å². The molecule has 0 unspecified atom stereocenters. The van der Waals surface area contributed by atoms with Crippen LogP contribution in [0.2, 0.25) is 5.02 Å². The molecule has 1 saturated carbocycles. The molecule has 0 nitrogen and oxygen atoms in total. The molecule has 0 N–H and O–H groups in total. The van der Waals surface area contributed by atoms with Crippen molar-refractivity contribution in [3.63, 3.8) is 0 Å². The molecule has 3 heteroatoms. The predicted octanol–water partition coefficient (Wildman–Crippen LogP) is 4.97. The Balaban J connectivity index is 2.40. The topological polar surface area (TPSA) is 0 Å². The van der Waals surface area contributed by atoms with Crippen LogP contribution in [0.15, 0.2) is 18.2 Å². The fourth-order valence-corrected chi connectivity index (χ4v) is 2.06. The summed E-state index contributed by atoms with van der Waals surface area (Å²) in [6, 6.07) is 4.75. The normalized spacial score (nSPS) is 16.9. The van der Waals surface area contributed by atoms with Gasteiger partial charge in [0.05, 0.1) is 0 Å². The molecule has 0 amide bonds. The van der Waals surface area contributed by atoms with Gasteiger partial charge in [-0.15, -0.1) is 0 Å². The molecular formula is C13H15ClF2. The molecule has 1 aromatic rings. The molecule has 0 atom stereocenters. The Labute approximate surface area is 99.6 Å². The van der Waals surface area contributed by atoms with Crippen molar-refractivity contribution in [2.75, 3.05) is 0 Å². The minimum absolute atomic E-state index is 0.0752. The Morgan fingerprint density at radius 3 is 2.38 bits per heavy atom. The summed E-state index contributed by atoms with van der Waals surface area (Å²) in [4.78, 5) is 0. The maximum absolute atomic E-state index is 13.9. The molecule has 0 saturated heterocycles. The third-order valence-electron chi connectivity index (χ3n) is 3.06. The van der Waals surface area contributed by atoms with Gasteiger partial charge in [0.25, 0.3) is 5.92 Å². The fraction of sp³-hybridized carbons (Fsp3) is 0.538. The summed E-state index contributed by atoms with van der Waals surface area (Å²) < 4.78 is 27.8. The summed E-state index contributed by atoms with van der Waals surface area (Å²) in [7, 11) is 0. The van der Waals surface area contributed by atoms with E-state index in [1.54, 1.807) is 12.1 Å². The van der Waals surface area contributed by atoms with E-state index in [9.17, 15) is 8.78 Å². The number of hydrogen-bond donors (Lipinski definition) is 0. The molecule has 0 aromatic heterocycles. The van der Waals surface area contributed by atoms with Gasteiger partial charge in [0.2, 0.25) is 0 Å². The first-order valence-corrected chi connectivity index (χ1v) is 5.98. The van der Waals surface area contributed by atoms with Crippen molar-refractivity contribution in [2.24, 2.45) is 5.92 Å². The Morgan fingerprint density at radius 2 is 1.88 bits per heavy atom. The van der Waals surface area contributed by atoms with Gasteiger partial charge in [0.15, 0.2) is 0 Å². The van der Waals surface area contributed by atoms with Crippen LogP contribution >= 0.6 is 11.6 Å². The first-order valence-electron chi connectivity index (χ1n) is 5.60. The van der Waals surface area contributed by atoms with Gasteiger partial charge in [-0.25, -0.2) is 8.78 Å². The first kappa shape index (κ1) is 11.8. The number of rotatable bonds is 3. The summed E-state index contributed by atoms with van der Waals surface area (Å²) in [5.74, 6) is -2.98. The maximum atomic E-state index is 13.9. The van der Waals surface area contributed by atoms with Gasteiger partial charge in [-0.05, 0) is 42.5 Å². The average Bonchev–Trinajstić information content (AvgIpc) is 2.99. The highest BCUT2D eigenvalue weighted by Gasteiger charge is 2.48. The van der Waals surface area contributed by atoms with E-state index in [0.29, 0.717) is 17.9 Å². The van der Waals surface area contributed by atoms with E-state index in [0.717, 1.165) is 5.56 Å². The summed E-state index contributed by atoms with van der Waals surface area (Å²) in [6.07, 6.45) is 1.24. The summed E-state index contributed by atoms with van der Waals surface area (Å²) in [6.45, 7) is 3.95. The number of alkyl halides is 2. The number of benzene rings is 1. The zero-order valence-electron chi connectivity index (χ0n) is 9.43. The van der Waals surface area contributed by atoms with Crippen LogP contribution in [0.1, 0.15) is 43.7 Å². The minimum Gasteiger partial charge on any atom is -0.201 e. The van der Waals surface area contributed by atoms with Gasteiger partial charge < -0.3 is 0 Å². The highest BCUT2D eigenvalue weighted by atomic mass is 35.5. The zero-order chi connectivity index (χ0) is 11.9. The van der Waals surface area contributed by atoms with Gasteiger partial charge >= 0.3 is 0 Å². The van der Waals surface area contributed by atoms with Crippen LogP contribution in [-0.2, 0) is 5.92 Å². The number of halogens is 3. The van der Waals surface area contributed by atoms with Gasteiger partial charge in [-0.1, -0.05) is 25.4 Å². The van der Waals surface area contributed by atoms with Crippen molar-refractivity contribution in [3.8, 4) is 0 Å². The summed E-state index contributed by atoms with van der Waals surface area (Å²) in [5.41, 5.74) is 0.953. The van der Waals surface area contributed by atoms with Crippen molar-refractivity contribution in [1.29, 1.82) is 0 Å². The molecule has 2 rings (SSSR count). The van der Waals surface area contributed by atoms with Crippen molar-refractivity contribution >= 4 is 11.6 Å². The van der Waals surface area contributed by atoms with E-state index in [1.807, 2.05) is 13.8 Å². The van der Waals surface area contributed by atoms with Crippen molar-refractivity contribution in [2.45, 2.75) is 38.5 Å². The molecule has 16 heavy (non-hydrogen) atoms. The Kier molecular flexibility index (Phi) is 2.95. The molecule has 0 spiro atoms. The lowest BCUT2D eigenvalue weighted by Gasteiger charge is -2.18. The Hall–Kier alpha value is -0.630. The Morgan fingerprint density at radius 1 is 1.25 bits per heavy atom. The molecule has 0 heterocycles. The molecule has 0 bridgehead atoms. The molecule has 0 radical (unpaired) electrons. The molecule has 1 aromatic carbocycles. The minimum atomic E-state index is -2.71. The predicted molar refractivity (Wildman–Crippen MR) is 62.2 cm³/mol. The average molecular weight is 245 g/mol. The molecule has 1 fully saturated rings. The van der Waals surface area contributed by atoms with Crippen LogP contribution in [0.25, 0.3) is 0 Å². The fourth-order valence-electron chi connectivity index (χ4n) is 1.82. The lowest BCUT2D eigenvalue weighted by atomic mass is 9.96. The van der Waals surface area contributed by atoms with E-state index in [4.69, 9.17) is 11.6 Å². The second-order valence-corrected chi connectivity index (χ2v) is 5.26. The quantitative estimate of drug-likeness (QED) is 0.705. The molecule has 0 aliphatic heterocycles. The molecule has 1 aliphatic carbocycles. The summed E-state index contributed by atoms with van der Waals surface area (Å²) >= 11 is 5.89. The largest absolute Gasteiger partial charge is 0.276 e. The third kappa shape index (κ3) is 2.22. The molecular weight excluding hydrogens is 230 g/mol. The van der Waals surface area contributed by atoms with Crippen LogP contribution in [0.5, 0.6) is 0 Å². The van der Waals surface area contributed by atoms with Crippen LogP contribution in [0, 0.1) is 5.92 Å². The molecule has 88 valence electrons. The SMILES string of the molecule is CC(C)c1cc(Cl)cc(C(F)(F)C2CC2)c1. The summed E-state index contributed by atoms with van der Waals surface area (Å²) in [5, 5.41) is 0.404. The highest BCUT2D eigenvalue weighted by molar-refractivity contribution is 6.30. The number of hydrogen-bond acceptors (Lipinski definition) is 0. The van der Waals surface area contributed by atoms with E-state index >= 15 is 0 Å². The van der Waals surface area contributed by atoms with Crippen LogP contribution in [0.3, 0.4) is 0 Å². The lowest BCUT2D eigenvalue weighted by molar-refractivity contribution is -0.0286. The zero-order valence-corrected chi connectivity index (χ0v) is 10.2. The second kappa shape index (κ2) is 3.99. The van der Waals surface area contributed by atoms with Crippen molar-refractivity contribution in [3.05, 3.63) is 34.3 Å². The smallest absolute Gasteiger partial charge is 0.201 e. The molecule has 1 aliphatic rings. The Bertz CT molecular complexity index is 395. The van der Waals surface area contributed by atoms with E-state index in [2.05, 4.69) is 0 Å². The monoisotopic (exact) mass is 244 g/mol. The van der Waals surface area contributed by atoms with Crippen molar-refractivity contribution < 1.29 is 8.78 Å². The maximum Gasteiger partial charge on any atom is 0.276 e. The second-order valence-electron chi connectivity index (χ2n) is 4.83. The highest BCUT2D eigenvalue weighted by Crippen LogP contribution is 2.50. The van der Waals surface area contributed by atoms with Crippen LogP contribution < -0.4 is 0 Å².